The first kappa shape index (κ1) is 8.86. The molecule has 0 radical (unpaired) electrons. The molecular weight excluding hydrogens is 184 g/mol. The normalized spacial score (nSPS) is 17.9. The second-order valence-electron chi connectivity index (χ2n) is 4.57. The van der Waals surface area contributed by atoms with Gasteiger partial charge in [-0.2, -0.15) is 0 Å². The largest absolute Gasteiger partial charge is 0.325 e. The van der Waals surface area contributed by atoms with Gasteiger partial charge < -0.3 is 5.73 Å². The number of nitrogens with two attached hydrogens (primary N) is 1. The summed E-state index contributed by atoms with van der Waals surface area (Å²) in [6.07, 6.45) is 5.14. The molecule has 2 nitrogen and oxygen atoms in total. The molecule has 2 aromatic rings. The highest BCUT2D eigenvalue weighted by molar-refractivity contribution is 5.78. The van der Waals surface area contributed by atoms with E-state index >= 15 is 0 Å². The van der Waals surface area contributed by atoms with Crippen LogP contribution >= 0.6 is 0 Å². The number of pyridine rings is 1. The summed E-state index contributed by atoms with van der Waals surface area (Å²) in [7, 11) is 0. The summed E-state index contributed by atoms with van der Waals surface area (Å²) >= 11 is 0. The Hall–Kier alpha value is -1.41. The van der Waals surface area contributed by atoms with Crippen LogP contribution in [0.15, 0.2) is 36.5 Å². The smallest absolute Gasteiger partial charge is 0.0704 e. The zero-order valence-corrected chi connectivity index (χ0v) is 8.61. The molecule has 1 aliphatic carbocycles. The zero-order valence-electron chi connectivity index (χ0n) is 8.61. The number of nitrogens with zero attached hydrogens (tertiary/aromatic N) is 1. The van der Waals surface area contributed by atoms with E-state index in [9.17, 15) is 0 Å². The number of benzene rings is 1. The molecule has 0 unspecified atom stereocenters. The summed E-state index contributed by atoms with van der Waals surface area (Å²) in [4.78, 5) is 4.35. The fourth-order valence-electron chi connectivity index (χ4n) is 1.97. The first-order valence-electron chi connectivity index (χ1n) is 5.38. The highest BCUT2D eigenvalue weighted by Gasteiger charge is 2.37. The van der Waals surface area contributed by atoms with Crippen molar-refractivity contribution in [2.75, 3.05) is 0 Å². The minimum Gasteiger partial charge on any atom is -0.325 e. The Balaban J connectivity index is 1.99. The molecule has 15 heavy (non-hydrogen) atoms. The maximum atomic E-state index is 6.10. The van der Waals surface area contributed by atoms with E-state index in [2.05, 4.69) is 29.2 Å². The lowest BCUT2D eigenvalue weighted by Gasteiger charge is -2.08. The molecule has 2 N–H and O–H groups in total. The molecule has 1 saturated carbocycles. The molecule has 1 aliphatic rings. The van der Waals surface area contributed by atoms with Crippen LogP contribution in [-0.2, 0) is 6.42 Å². The van der Waals surface area contributed by atoms with Crippen molar-refractivity contribution in [2.24, 2.45) is 5.73 Å². The van der Waals surface area contributed by atoms with E-state index in [0.717, 1.165) is 24.8 Å². The standard InChI is InChI=1S/C13H14N2/c14-13(5-6-13)9-10-3-4-11-2-1-7-15-12(11)8-10/h1-4,7-8H,5-6,9,14H2. The second-order valence-corrected chi connectivity index (χ2v) is 4.57. The Kier molecular flexibility index (Phi) is 1.80. The summed E-state index contributed by atoms with van der Waals surface area (Å²) in [6, 6.07) is 10.5. The van der Waals surface area contributed by atoms with Gasteiger partial charge in [0.2, 0.25) is 0 Å². The molecule has 0 amide bonds. The number of hydrogen-bond donors (Lipinski definition) is 1. The molecule has 3 rings (SSSR count). The van der Waals surface area contributed by atoms with Crippen LogP contribution in [0.4, 0.5) is 0 Å². The predicted molar refractivity (Wildman–Crippen MR) is 61.6 cm³/mol. The Morgan fingerprint density at radius 1 is 1.27 bits per heavy atom. The van der Waals surface area contributed by atoms with Gasteiger partial charge in [0.05, 0.1) is 5.52 Å². The van der Waals surface area contributed by atoms with E-state index in [4.69, 9.17) is 5.73 Å². The van der Waals surface area contributed by atoms with Gasteiger partial charge in [-0.1, -0.05) is 18.2 Å². The van der Waals surface area contributed by atoms with Gasteiger partial charge >= 0.3 is 0 Å². The van der Waals surface area contributed by atoms with E-state index in [0.29, 0.717) is 0 Å². The van der Waals surface area contributed by atoms with Crippen molar-refractivity contribution in [3.8, 4) is 0 Å². The quantitative estimate of drug-likeness (QED) is 0.804. The van der Waals surface area contributed by atoms with Crippen LogP contribution in [0.2, 0.25) is 0 Å². The van der Waals surface area contributed by atoms with E-state index in [-0.39, 0.29) is 5.54 Å². The van der Waals surface area contributed by atoms with Gasteiger partial charge in [-0.25, -0.2) is 0 Å². The number of aromatic nitrogens is 1. The minimum atomic E-state index is 0.0858. The minimum absolute atomic E-state index is 0.0858. The van der Waals surface area contributed by atoms with Gasteiger partial charge in [-0.05, 0) is 37.0 Å². The third kappa shape index (κ3) is 1.73. The third-order valence-corrected chi connectivity index (χ3v) is 3.12. The zero-order chi connectivity index (χ0) is 10.3. The molecule has 1 heterocycles. The molecule has 1 aromatic carbocycles. The van der Waals surface area contributed by atoms with Gasteiger partial charge in [0.15, 0.2) is 0 Å². The molecule has 2 heteroatoms. The molecule has 0 aliphatic heterocycles. The number of hydrogen-bond acceptors (Lipinski definition) is 2. The number of rotatable bonds is 2. The monoisotopic (exact) mass is 198 g/mol. The van der Waals surface area contributed by atoms with E-state index in [1.165, 1.54) is 10.9 Å². The maximum absolute atomic E-state index is 6.10. The SMILES string of the molecule is NC1(Cc2ccc3cccnc3c2)CC1. The lowest BCUT2D eigenvalue weighted by atomic mass is 10.0. The van der Waals surface area contributed by atoms with Crippen LogP contribution in [-0.4, -0.2) is 10.5 Å². The fraction of sp³-hybridized carbons (Fsp3) is 0.308. The van der Waals surface area contributed by atoms with Crippen molar-refractivity contribution in [3.05, 3.63) is 42.1 Å². The molecule has 1 aromatic heterocycles. The van der Waals surface area contributed by atoms with Crippen molar-refractivity contribution in [1.82, 2.24) is 4.98 Å². The van der Waals surface area contributed by atoms with Crippen LogP contribution in [0.3, 0.4) is 0 Å². The van der Waals surface area contributed by atoms with Gasteiger partial charge in [0.25, 0.3) is 0 Å². The van der Waals surface area contributed by atoms with E-state index in [1.54, 1.807) is 0 Å². The van der Waals surface area contributed by atoms with Crippen molar-refractivity contribution >= 4 is 10.9 Å². The molecule has 0 saturated heterocycles. The summed E-state index contributed by atoms with van der Waals surface area (Å²) in [6.45, 7) is 0. The Labute approximate surface area is 89.1 Å². The van der Waals surface area contributed by atoms with Crippen LogP contribution in [0.5, 0.6) is 0 Å². The maximum Gasteiger partial charge on any atom is 0.0704 e. The average Bonchev–Trinajstić information content (AvgIpc) is 2.96. The molecule has 0 atom stereocenters. The topological polar surface area (TPSA) is 38.9 Å². The van der Waals surface area contributed by atoms with Gasteiger partial charge in [-0.15, -0.1) is 0 Å². The fourth-order valence-corrected chi connectivity index (χ4v) is 1.97. The van der Waals surface area contributed by atoms with Crippen molar-refractivity contribution in [3.63, 3.8) is 0 Å². The molecule has 1 fully saturated rings. The molecular formula is C13H14N2. The van der Waals surface area contributed by atoms with Crippen molar-refractivity contribution < 1.29 is 0 Å². The lowest BCUT2D eigenvalue weighted by Crippen LogP contribution is -2.24. The summed E-state index contributed by atoms with van der Waals surface area (Å²) < 4.78 is 0. The number of fused-ring (bicyclic) bond motifs is 1. The Morgan fingerprint density at radius 2 is 2.13 bits per heavy atom. The highest BCUT2D eigenvalue weighted by Crippen LogP contribution is 2.35. The van der Waals surface area contributed by atoms with Crippen LogP contribution in [0, 0.1) is 0 Å². The molecule has 76 valence electrons. The summed E-state index contributed by atoms with van der Waals surface area (Å²) in [5.74, 6) is 0. The van der Waals surface area contributed by atoms with E-state index < -0.39 is 0 Å². The summed E-state index contributed by atoms with van der Waals surface area (Å²) in [5.41, 5.74) is 8.56. The lowest BCUT2D eigenvalue weighted by molar-refractivity contribution is 0.672. The molecule has 0 bridgehead atoms. The van der Waals surface area contributed by atoms with Crippen LogP contribution in [0.1, 0.15) is 18.4 Å². The predicted octanol–water partition coefficient (Wildman–Crippen LogP) is 2.27. The Morgan fingerprint density at radius 3 is 2.93 bits per heavy atom. The van der Waals surface area contributed by atoms with Gasteiger partial charge in [0.1, 0.15) is 0 Å². The second kappa shape index (κ2) is 3.04. The van der Waals surface area contributed by atoms with Gasteiger partial charge in [-0.3, -0.25) is 4.98 Å². The molecule has 0 spiro atoms. The van der Waals surface area contributed by atoms with Crippen LogP contribution in [0.25, 0.3) is 10.9 Å². The summed E-state index contributed by atoms with van der Waals surface area (Å²) in [5, 5.41) is 1.20. The van der Waals surface area contributed by atoms with Crippen molar-refractivity contribution in [2.45, 2.75) is 24.8 Å². The van der Waals surface area contributed by atoms with E-state index in [1.807, 2.05) is 12.3 Å². The highest BCUT2D eigenvalue weighted by atomic mass is 14.8. The first-order chi connectivity index (χ1) is 7.25. The van der Waals surface area contributed by atoms with Crippen LogP contribution < -0.4 is 5.73 Å². The van der Waals surface area contributed by atoms with Gasteiger partial charge in [0, 0.05) is 17.1 Å². The third-order valence-electron chi connectivity index (χ3n) is 3.12. The average molecular weight is 198 g/mol. The first-order valence-corrected chi connectivity index (χ1v) is 5.38. The Bertz CT molecular complexity index is 501. The van der Waals surface area contributed by atoms with Crippen molar-refractivity contribution in [1.29, 1.82) is 0 Å².